The highest BCUT2D eigenvalue weighted by Gasteiger charge is 2.25. The second-order valence-corrected chi connectivity index (χ2v) is 5.68. The average molecular weight is 289 g/mol. The highest BCUT2D eigenvalue weighted by atomic mass is 16.5. The van der Waals surface area contributed by atoms with Gasteiger partial charge in [-0.25, -0.2) is 0 Å². The molecule has 1 fully saturated rings. The number of rotatable bonds is 4. The quantitative estimate of drug-likeness (QED) is 0.853. The van der Waals surface area contributed by atoms with Gasteiger partial charge in [-0.3, -0.25) is 9.69 Å². The molecular formula is C16H23N3O2. The number of carbonyl (C=O) groups is 1. The Morgan fingerprint density at radius 3 is 3.14 bits per heavy atom. The van der Waals surface area contributed by atoms with Crippen LogP contribution in [-0.2, 0) is 29.2 Å². The predicted octanol–water partition coefficient (Wildman–Crippen LogP) is 0.627. The first-order valence-electron chi connectivity index (χ1n) is 7.69. The van der Waals surface area contributed by atoms with Crippen LogP contribution in [0.25, 0.3) is 0 Å². The van der Waals surface area contributed by atoms with Gasteiger partial charge in [-0.15, -0.1) is 0 Å². The van der Waals surface area contributed by atoms with Crippen LogP contribution in [0.2, 0.25) is 0 Å². The van der Waals surface area contributed by atoms with Crippen LogP contribution in [0.3, 0.4) is 0 Å². The van der Waals surface area contributed by atoms with E-state index in [0.29, 0.717) is 19.7 Å². The van der Waals surface area contributed by atoms with E-state index in [9.17, 15) is 4.79 Å². The minimum Gasteiger partial charge on any atom is -0.366 e. The predicted molar refractivity (Wildman–Crippen MR) is 80.7 cm³/mol. The van der Waals surface area contributed by atoms with E-state index < -0.39 is 0 Å². The van der Waals surface area contributed by atoms with Crippen molar-refractivity contribution in [3.8, 4) is 0 Å². The number of hydrogen-bond donors (Lipinski definition) is 2. The van der Waals surface area contributed by atoms with Crippen molar-refractivity contribution in [3.63, 3.8) is 0 Å². The van der Waals surface area contributed by atoms with Gasteiger partial charge in [0.05, 0.1) is 6.61 Å². The third-order valence-corrected chi connectivity index (χ3v) is 4.26. The van der Waals surface area contributed by atoms with Crippen molar-refractivity contribution in [2.75, 3.05) is 26.2 Å². The molecule has 1 aromatic carbocycles. The molecule has 0 aliphatic carbocycles. The van der Waals surface area contributed by atoms with Crippen LogP contribution in [-0.4, -0.2) is 43.2 Å². The van der Waals surface area contributed by atoms with Crippen molar-refractivity contribution in [2.45, 2.75) is 32.7 Å². The molecular weight excluding hydrogens is 266 g/mol. The summed E-state index contributed by atoms with van der Waals surface area (Å²) in [6.07, 6.45) is -0.338. The van der Waals surface area contributed by atoms with Gasteiger partial charge in [-0.1, -0.05) is 25.1 Å². The van der Waals surface area contributed by atoms with Crippen molar-refractivity contribution in [1.29, 1.82) is 0 Å². The first-order valence-corrected chi connectivity index (χ1v) is 7.69. The third-order valence-electron chi connectivity index (χ3n) is 4.26. The zero-order valence-corrected chi connectivity index (χ0v) is 12.5. The molecule has 0 aromatic heterocycles. The van der Waals surface area contributed by atoms with Crippen molar-refractivity contribution >= 4 is 5.91 Å². The van der Waals surface area contributed by atoms with Gasteiger partial charge in [0.25, 0.3) is 5.91 Å². The molecule has 0 radical (unpaired) electrons. The minimum atomic E-state index is -0.338. The summed E-state index contributed by atoms with van der Waals surface area (Å²) in [4.78, 5) is 14.4. The van der Waals surface area contributed by atoms with E-state index in [0.717, 1.165) is 31.7 Å². The zero-order chi connectivity index (χ0) is 14.7. The van der Waals surface area contributed by atoms with Crippen molar-refractivity contribution in [2.24, 2.45) is 0 Å². The van der Waals surface area contributed by atoms with Gasteiger partial charge in [0.2, 0.25) is 0 Å². The lowest BCUT2D eigenvalue weighted by molar-refractivity contribution is -0.138. The van der Waals surface area contributed by atoms with E-state index >= 15 is 0 Å². The second-order valence-electron chi connectivity index (χ2n) is 5.68. The summed E-state index contributed by atoms with van der Waals surface area (Å²) in [7, 11) is 0. The molecule has 0 bridgehead atoms. The minimum absolute atomic E-state index is 0.00762. The number of nitrogens with zero attached hydrogens (tertiary/aromatic N) is 1. The van der Waals surface area contributed by atoms with E-state index in [1.54, 1.807) is 0 Å². The van der Waals surface area contributed by atoms with Crippen LogP contribution in [0, 0.1) is 0 Å². The van der Waals surface area contributed by atoms with Crippen LogP contribution in [0.4, 0.5) is 0 Å². The number of amides is 1. The summed E-state index contributed by atoms with van der Waals surface area (Å²) in [5, 5.41) is 6.32. The van der Waals surface area contributed by atoms with Gasteiger partial charge in [-0.2, -0.15) is 0 Å². The highest BCUT2D eigenvalue weighted by molar-refractivity contribution is 5.81. The second kappa shape index (κ2) is 6.56. The van der Waals surface area contributed by atoms with Gasteiger partial charge in [0.15, 0.2) is 0 Å². The van der Waals surface area contributed by atoms with Gasteiger partial charge >= 0.3 is 0 Å². The Kier molecular flexibility index (Phi) is 4.53. The maximum absolute atomic E-state index is 12.2. The van der Waals surface area contributed by atoms with E-state index in [2.05, 4.69) is 40.7 Å². The first kappa shape index (κ1) is 14.5. The standard InChI is InChI=1S/C16H23N3O2/c1-2-19-5-6-21-15(11-19)16(20)18-8-12-3-4-13-9-17-10-14(13)7-12/h3-4,7,15,17H,2,5-6,8-11H2,1H3,(H,18,20). The smallest absolute Gasteiger partial charge is 0.250 e. The monoisotopic (exact) mass is 289 g/mol. The summed E-state index contributed by atoms with van der Waals surface area (Å²) in [6.45, 7) is 7.76. The lowest BCUT2D eigenvalue weighted by Gasteiger charge is -2.31. The summed E-state index contributed by atoms with van der Waals surface area (Å²) < 4.78 is 5.57. The Hall–Kier alpha value is -1.43. The van der Waals surface area contributed by atoms with Crippen molar-refractivity contribution in [1.82, 2.24) is 15.5 Å². The topological polar surface area (TPSA) is 53.6 Å². The molecule has 0 spiro atoms. The fourth-order valence-electron chi connectivity index (χ4n) is 2.91. The number of ether oxygens (including phenoxy) is 1. The van der Waals surface area contributed by atoms with Crippen LogP contribution in [0.1, 0.15) is 23.6 Å². The zero-order valence-electron chi connectivity index (χ0n) is 12.5. The fourth-order valence-corrected chi connectivity index (χ4v) is 2.91. The van der Waals surface area contributed by atoms with Crippen molar-refractivity contribution in [3.05, 3.63) is 34.9 Å². The molecule has 2 heterocycles. The Bertz CT molecular complexity index is 518. The van der Waals surface area contributed by atoms with Crippen LogP contribution in [0.5, 0.6) is 0 Å². The number of benzene rings is 1. The molecule has 5 nitrogen and oxygen atoms in total. The fraction of sp³-hybridized carbons (Fsp3) is 0.562. The highest BCUT2D eigenvalue weighted by Crippen LogP contribution is 2.17. The molecule has 21 heavy (non-hydrogen) atoms. The lowest BCUT2D eigenvalue weighted by Crippen LogP contribution is -2.49. The molecule has 1 aromatic rings. The molecule has 3 rings (SSSR count). The van der Waals surface area contributed by atoms with Crippen LogP contribution in [0.15, 0.2) is 18.2 Å². The van der Waals surface area contributed by atoms with Gasteiger partial charge < -0.3 is 15.4 Å². The molecule has 1 saturated heterocycles. The van der Waals surface area contributed by atoms with Crippen LogP contribution >= 0.6 is 0 Å². The summed E-state index contributed by atoms with van der Waals surface area (Å²) in [5.74, 6) is -0.00762. The average Bonchev–Trinajstić information content (AvgIpc) is 3.00. The van der Waals surface area contributed by atoms with E-state index in [1.165, 1.54) is 11.1 Å². The molecule has 2 N–H and O–H groups in total. The lowest BCUT2D eigenvalue weighted by atomic mass is 10.1. The number of nitrogens with one attached hydrogen (secondary N) is 2. The number of fused-ring (bicyclic) bond motifs is 1. The molecule has 5 heteroatoms. The number of likely N-dealkylation sites (N-methyl/N-ethyl adjacent to an activating group) is 1. The van der Waals surface area contributed by atoms with E-state index in [1.807, 2.05) is 0 Å². The largest absolute Gasteiger partial charge is 0.366 e. The molecule has 114 valence electrons. The van der Waals surface area contributed by atoms with Crippen molar-refractivity contribution < 1.29 is 9.53 Å². The van der Waals surface area contributed by atoms with Gasteiger partial charge in [-0.05, 0) is 23.2 Å². The van der Waals surface area contributed by atoms with Gasteiger partial charge in [0, 0.05) is 32.7 Å². The Labute approximate surface area is 125 Å². The summed E-state index contributed by atoms with van der Waals surface area (Å²) in [6, 6.07) is 6.41. The molecule has 1 atom stereocenters. The normalized spacial score (nSPS) is 22.0. The maximum Gasteiger partial charge on any atom is 0.250 e. The van der Waals surface area contributed by atoms with Crippen LogP contribution < -0.4 is 10.6 Å². The third kappa shape index (κ3) is 3.43. The molecule has 1 unspecified atom stereocenters. The van der Waals surface area contributed by atoms with E-state index in [-0.39, 0.29) is 12.0 Å². The number of hydrogen-bond acceptors (Lipinski definition) is 4. The Morgan fingerprint density at radius 1 is 1.43 bits per heavy atom. The molecule has 2 aliphatic heterocycles. The molecule has 0 saturated carbocycles. The number of carbonyl (C=O) groups excluding carboxylic acids is 1. The van der Waals surface area contributed by atoms with Gasteiger partial charge in [0.1, 0.15) is 6.10 Å². The van der Waals surface area contributed by atoms with E-state index in [4.69, 9.17) is 4.74 Å². The Morgan fingerprint density at radius 2 is 2.29 bits per heavy atom. The summed E-state index contributed by atoms with van der Waals surface area (Å²) in [5.41, 5.74) is 3.85. The molecule has 1 amide bonds. The molecule has 2 aliphatic rings. The summed E-state index contributed by atoms with van der Waals surface area (Å²) >= 11 is 0. The maximum atomic E-state index is 12.2. The number of morpholine rings is 1. The first-order chi connectivity index (χ1) is 10.3. The SMILES string of the molecule is CCN1CCOC(C(=O)NCc2ccc3c(c2)CNC3)C1. The Balaban J connectivity index is 1.53.